The van der Waals surface area contributed by atoms with Crippen molar-refractivity contribution in [3.63, 3.8) is 0 Å². The summed E-state index contributed by atoms with van der Waals surface area (Å²) in [4.78, 5) is 0. The van der Waals surface area contributed by atoms with Gasteiger partial charge < -0.3 is 10.4 Å². The Hall–Kier alpha value is -0.450. The molecule has 2 nitrogen and oxygen atoms in total. The molecule has 1 unspecified atom stereocenters. The molecule has 0 saturated heterocycles. The van der Waals surface area contributed by atoms with Crippen LogP contribution in [-0.4, -0.2) is 18.3 Å². The minimum atomic E-state index is -0.232. The lowest BCUT2D eigenvalue weighted by Crippen LogP contribution is -2.21. The quantitative estimate of drug-likeness (QED) is 0.844. The molecular weight excluding hydrogens is 273 g/mol. The van der Waals surface area contributed by atoms with Crippen LogP contribution in [0.5, 0.6) is 0 Å². The van der Waals surface area contributed by atoms with Crippen LogP contribution in [0.15, 0.2) is 22.7 Å². The second-order valence-corrected chi connectivity index (χ2v) is 4.84. The summed E-state index contributed by atoms with van der Waals surface area (Å²) < 4.78 is 13.6. The zero-order chi connectivity index (χ0) is 12.0. The Morgan fingerprint density at radius 3 is 2.88 bits per heavy atom. The summed E-state index contributed by atoms with van der Waals surface area (Å²) in [6, 6.07) is 4.69. The SMILES string of the molecule is CC(CCO)CNCc1ccc(F)cc1Br. The number of hydrogen-bond acceptors (Lipinski definition) is 2. The molecule has 0 radical (unpaired) electrons. The maximum absolute atomic E-state index is 12.8. The van der Waals surface area contributed by atoms with Gasteiger partial charge in [0.1, 0.15) is 5.82 Å². The van der Waals surface area contributed by atoms with E-state index in [-0.39, 0.29) is 12.4 Å². The van der Waals surface area contributed by atoms with Crippen molar-refractivity contribution in [1.29, 1.82) is 0 Å². The van der Waals surface area contributed by atoms with Crippen LogP contribution >= 0.6 is 15.9 Å². The zero-order valence-electron chi connectivity index (χ0n) is 9.34. The van der Waals surface area contributed by atoms with Crippen LogP contribution < -0.4 is 5.32 Å². The van der Waals surface area contributed by atoms with E-state index < -0.39 is 0 Å². The highest BCUT2D eigenvalue weighted by Crippen LogP contribution is 2.17. The molecule has 2 N–H and O–H groups in total. The first-order chi connectivity index (χ1) is 7.63. The van der Waals surface area contributed by atoms with Gasteiger partial charge in [-0.25, -0.2) is 4.39 Å². The topological polar surface area (TPSA) is 32.3 Å². The average molecular weight is 290 g/mol. The fourth-order valence-electron chi connectivity index (χ4n) is 1.44. The molecular formula is C12H17BrFNO. The van der Waals surface area contributed by atoms with Crippen molar-refractivity contribution >= 4 is 15.9 Å². The normalized spacial score (nSPS) is 12.8. The average Bonchev–Trinajstić information content (AvgIpc) is 2.22. The fourth-order valence-corrected chi connectivity index (χ4v) is 1.93. The Labute approximate surface area is 104 Å². The minimum absolute atomic E-state index is 0.225. The number of halogens is 2. The molecule has 1 aromatic carbocycles. The lowest BCUT2D eigenvalue weighted by molar-refractivity contribution is 0.260. The van der Waals surface area contributed by atoms with E-state index in [1.165, 1.54) is 12.1 Å². The lowest BCUT2D eigenvalue weighted by atomic mass is 10.1. The monoisotopic (exact) mass is 289 g/mol. The van der Waals surface area contributed by atoms with Crippen LogP contribution in [0.1, 0.15) is 18.9 Å². The third kappa shape index (κ3) is 4.60. The molecule has 0 bridgehead atoms. The second-order valence-electron chi connectivity index (χ2n) is 3.98. The smallest absolute Gasteiger partial charge is 0.124 e. The van der Waals surface area contributed by atoms with E-state index >= 15 is 0 Å². The Kier molecular flexibility index (Phi) is 5.95. The summed E-state index contributed by atoms with van der Waals surface area (Å²) in [6.07, 6.45) is 0.803. The zero-order valence-corrected chi connectivity index (χ0v) is 10.9. The molecule has 1 atom stereocenters. The number of aliphatic hydroxyl groups is 1. The molecule has 0 aliphatic carbocycles. The van der Waals surface area contributed by atoms with Crippen LogP contribution in [0.2, 0.25) is 0 Å². The van der Waals surface area contributed by atoms with E-state index in [2.05, 4.69) is 28.2 Å². The molecule has 0 spiro atoms. The third-order valence-corrected chi connectivity index (χ3v) is 3.18. The fraction of sp³-hybridized carbons (Fsp3) is 0.500. The molecule has 0 aromatic heterocycles. The predicted molar refractivity (Wildman–Crippen MR) is 66.7 cm³/mol. The van der Waals surface area contributed by atoms with Gasteiger partial charge in [0.05, 0.1) is 0 Å². The number of rotatable bonds is 6. The Morgan fingerprint density at radius 1 is 1.50 bits per heavy atom. The molecule has 0 amide bonds. The summed E-state index contributed by atoms with van der Waals surface area (Å²) in [5.41, 5.74) is 1.04. The van der Waals surface area contributed by atoms with E-state index in [1.54, 1.807) is 6.07 Å². The summed E-state index contributed by atoms with van der Waals surface area (Å²) in [6.45, 7) is 3.87. The molecule has 90 valence electrons. The standard InChI is InChI=1S/C12H17BrFNO/c1-9(4-5-16)7-15-8-10-2-3-11(14)6-12(10)13/h2-3,6,9,15-16H,4-5,7-8H2,1H3. The van der Waals surface area contributed by atoms with Crippen molar-refractivity contribution in [3.05, 3.63) is 34.1 Å². The molecule has 4 heteroatoms. The second kappa shape index (κ2) is 6.99. The highest BCUT2D eigenvalue weighted by molar-refractivity contribution is 9.10. The summed E-state index contributed by atoms with van der Waals surface area (Å²) >= 11 is 3.33. The molecule has 1 rings (SSSR count). The molecule has 0 saturated carbocycles. The molecule has 0 fully saturated rings. The van der Waals surface area contributed by atoms with E-state index in [4.69, 9.17) is 5.11 Å². The van der Waals surface area contributed by atoms with Crippen LogP contribution in [0, 0.1) is 11.7 Å². The maximum atomic E-state index is 12.8. The predicted octanol–water partition coefficient (Wildman–Crippen LogP) is 2.70. The summed E-state index contributed by atoms with van der Waals surface area (Å²) in [7, 11) is 0. The Bertz CT molecular complexity index is 333. The van der Waals surface area contributed by atoms with Gasteiger partial charge in [-0.05, 0) is 36.6 Å². The minimum Gasteiger partial charge on any atom is -0.396 e. The number of benzene rings is 1. The van der Waals surface area contributed by atoms with Crippen molar-refractivity contribution < 1.29 is 9.50 Å². The highest BCUT2D eigenvalue weighted by Gasteiger charge is 2.03. The highest BCUT2D eigenvalue weighted by atomic mass is 79.9. The first kappa shape index (κ1) is 13.6. The molecule has 0 aliphatic rings. The van der Waals surface area contributed by atoms with E-state index in [0.29, 0.717) is 12.5 Å². The van der Waals surface area contributed by atoms with Crippen LogP contribution in [0.4, 0.5) is 4.39 Å². The third-order valence-electron chi connectivity index (χ3n) is 2.45. The van der Waals surface area contributed by atoms with Gasteiger partial charge in [0.15, 0.2) is 0 Å². The maximum Gasteiger partial charge on any atom is 0.124 e. The molecule has 16 heavy (non-hydrogen) atoms. The Morgan fingerprint density at radius 2 is 2.25 bits per heavy atom. The van der Waals surface area contributed by atoms with Crippen LogP contribution in [0.3, 0.4) is 0 Å². The largest absolute Gasteiger partial charge is 0.396 e. The van der Waals surface area contributed by atoms with Gasteiger partial charge in [0, 0.05) is 17.6 Å². The first-order valence-corrected chi connectivity index (χ1v) is 6.18. The van der Waals surface area contributed by atoms with Crippen molar-refractivity contribution in [2.75, 3.05) is 13.2 Å². The molecule has 1 aromatic rings. The molecule has 0 aliphatic heterocycles. The van der Waals surface area contributed by atoms with Gasteiger partial charge in [-0.3, -0.25) is 0 Å². The van der Waals surface area contributed by atoms with Crippen LogP contribution in [0.25, 0.3) is 0 Å². The van der Waals surface area contributed by atoms with E-state index in [1.807, 2.05) is 0 Å². The van der Waals surface area contributed by atoms with E-state index in [0.717, 1.165) is 23.0 Å². The summed E-state index contributed by atoms with van der Waals surface area (Å²) in [5.74, 6) is 0.216. The van der Waals surface area contributed by atoms with Gasteiger partial charge in [0.2, 0.25) is 0 Å². The lowest BCUT2D eigenvalue weighted by Gasteiger charge is -2.11. The van der Waals surface area contributed by atoms with Crippen molar-refractivity contribution in [2.45, 2.75) is 19.9 Å². The number of aliphatic hydroxyl groups excluding tert-OH is 1. The van der Waals surface area contributed by atoms with Gasteiger partial charge in [-0.1, -0.05) is 28.9 Å². The van der Waals surface area contributed by atoms with Gasteiger partial charge in [-0.15, -0.1) is 0 Å². The van der Waals surface area contributed by atoms with Gasteiger partial charge in [0.25, 0.3) is 0 Å². The van der Waals surface area contributed by atoms with Gasteiger partial charge >= 0.3 is 0 Å². The molecule has 0 heterocycles. The summed E-state index contributed by atoms with van der Waals surface area (Å²) in [5, 5.41) is 12.0. The van der Waals surface area contributed by atoms with Gasteiger partial charge in [-0.2, -0.15) is 0 Å². The Balaban J connectivity index is 2.37. The number of nitrogens with one attached hydrogen (secondary N) is 1. The van der Waals surface area contributed by atoms with Crippen molar-refractivity contribution in [3.8, 4) is 0 Å². The van der Waals surface area contributed by atoms with Crippen LogP contribution in [-0.2, 0) is 6.54 Å². The number of hydrogen-bond donors (Lipinski definition) is 2. The van der Waals surface area contributed by atoms with Crippen molar-refractivity contribution in [1.82, 2.24) is 5.32 Å². The van der Waals surface area contributed by atoms with Crippen molar-refractivity contribution in [2.24, 2.45) is 5.92 Å². The van der Waals surface area contributed by atoms with E-state index in [9.17, 15) is 4.39 Å². The first-order valence-electron chi connectivity index (χ1n) is 5.39.